The highest BCUT2D eigenvalue weighted by Gasteiger charge is 2.30. The Morgan fingerprint density at radius 2 is 0.500 bits per heavy atom. The molecular weight excluding hydrogens is 1260 g/mol. The number of rotatable bonds is 74. The molecule has 0 aliphatic heterocycles. The molecule has 3 N–H and O–H groups in total. The van der Waals surface area contributed by atoms with Crippen LogP contribution in [0.1, 0.15) is 389 Å². The normalized spacial score (nSPS) is 14.4. The molecule has 0 rings (SSSR count). The monoisotopic (exact) mass is 1410 g/mol. The molecule has 570 valence electrons. The summed E-state index contributed by atoms with van der Waals surface area (Å²) in [6, 6.07) is 0. The summed E-state index contributed by atoms with van der Waals surface area (Å²) in [6.45, 7) is 14.2. The van der Waals surface area contributed by atoms with Crippen molar-refractivity contribution in [2.45, 2.75) is 408 Å². The highest BCUT2D eigenvalue weighted by Crippen LogP contribution is 2.45. The first kappa shape index (κ1) is 94.1. The van der Waals surface area contributed by atoms with Crippen molar-refractivity contribution in [3.63, 3.8) is 0 Å². The molecule has 6 atom stereocenters. The van der Waals surface area contributed by atoms with Gasteiger partial charge in [-0.2, -0.15) is 0 Å². The van der Waals surface area contributed by atoms with Crippen LogP contribution in [0.2, 0.25) is 0 Å². The van der Waals surface area contributed by atoms with Gasteiger partial charge in [0.2, 0.25) is 0 Å². The number of carbonyl (C=O) groups excluding carboxylic acids is 4. The van der Waals surface area contributed by atoms with Gasteiger partial charge in [0.05, 0.1) is 26.4 Å². The lowest BCUT2D eigenvalue weighted by atomic mass is 10.00. The Bertz CT molecular complexity index is 1890. The predicted molar refractivity (Wildman–Crippen MR) is 391 cm³/mol. The lowest BCUT2D eigenvalue weighted by molar-refractivity contribution is -0.161. The van der Waals surface area contributed by atoms with E-state index >= 15 is 0 Å². The summed E-state index contributed by atoms with van der Waals surface area (Å²) in [5.41, 5.74) is 0. The molecule has 0 heterocycles. The molecular formula is C77H150O17P2. The Kier molecular flexibility index (Phi) is 65.0. The number of phosphoric ester groups is 2. The van der Waals surface area contributed by atoms with Gasteiger partial charge in [-0.1, -0.05) is 338 Å². The Balaban J connectivity index is 5.22. The average Bonchev–Trinajstić information content (AvgIpc) is 1.18. The predicted octanol–water partition coefficient (Wildman–Crippen LogP) is 22.4. The molecule has 17 nitrogen and oxygen atoms in total. The molecule has 19 heteroatoms. The lowest BCUT2D eigenvalue weighted by Crippen LogP contribution is -2.30. The first-order chi connectivity index (χ1) is 46.1. The van der Waals surface area contributed by atoms with E-state index in [4.69, 9.17) is 37.0 Å². The summed E-state index contributed by atoms with van der Waals surface area (Å²) >= 11 is 0. The molecule has 0 aliphatic carbocycles. The van der Waals surface area contributed by atoms with Crippen molar-refractivity contribution in [3.05, 3.63) is 0 Å². The van der Waals surface area contributed by atoms with Crippen LogP contribution in [0.15, 0.2) is 0 Å². The van der Waals surface area contributed by atoms with Crippen LogP contribution in [0.25, 0.3) is 0 Å². The average molecular weight is 1410 g/mol. The van der Waals surface area contributed by atoms with Crippen molar-refractivity contribution >= 4 is 39.5 Å². The first-order valence-electron chi connectivity index (χ1n) is 39.7. The van der Waals surface area contributed by atoms with Gasteiger partial charge in [-0.05, 0) is 49.4 Å². The van der Waals surface area contributed by atoms with Gasteiger partial charge in [0.15, 0.2) is 12.2 Å². The largest absolute Gasteiger partial charge is 0.472 e. The maximum Gasteiger partial charge on any atom is 0.472 e. The number of aliphatic hydroxyl groups excluding tert-OH is 1. The molecule has 0 amide bonds. The van der Waals surface area contributed by atoms with Gasteiger partial charge in [0, 0.05) is 25.7 Å². The summed E-state index contributed by atoms with van der Waals surface area (Å²) in [5.74, 6) is 0.911. The number of carbonyl (C=O) groups is 4. The van der Waals surface area contributed by atoms with E-state index in [1.807, 2.05) is 0 Å². The van der Waals surface area contributed by atoms with E-state index in [0.29, 0.717) is 31.6 Å². The summed E-state index contributed by atoms with van der Waals surface area (Å²) in [6.07, 6.45) is 51.5. The number of phosphoric acid groups is 2. The van der Waals surface area contributed by atoms with Gasteiger partial charge in [0.25, 0.3) is 0 Å². The van der Waals surface area contributed by atoms with Gasteiger partial charge in [-0.25, -0.2) is 9.13 Å². The fourth-order valence-corrected chi connectivity index (χ4v) is 13.3. The van der Waals surface area contributed by atoms with Gasteiger partial charge < -0.3 is 33.8 Å². The molecule has 0 bridgehead atoms. The van der Waals surface area contributed by atoms with E-state index in [1.165, 1.54) is 186 Å². The quantitative estimate of drug-likeness (QED) is 0.0222. The molecule has 0 aromatic carbocycles. The molecule has 0 radical (unpaired) electrons. The standard InChI is InChI=1S/C77H150O17P2/c1-9-70(8)56-48-40-35-36-44-52-60-77(82)94-73(64-88-75(80)58-50-42-34-28-31-39-47-55-69(6)7)66-92-96(85,86)90-62-71(78)61-89-95(83,84)91-65-72(93-76(81)59-51-43-33-27-23-19-15-11-13-17-21-25-30-38-46-54-68(4)5)63-87-74(79)57-49-41-32-26-22-18-14-10-12-16-20-24-29-37-45-53-67(2)3/h67-73,78H,9-66H2,1-8H3,(H,83,84)(H,85,86)/t70?,71?,72-,73-/m1/s1. The lowest BCUT2D eigenvalue weighted by Gasteiger charge is -2.21. The van der Waals surface area contributed by atoms with Crippen LogP contribution >= 0.6 is 15.6 Å². The van der Waals surface area contributed by atoms with Crippen molar-refractivity contribution in [2.75, 3.05) is 39.6 Å². The number of hydrogen-bond acceptors (Lipinski definition) is 15. The Morgan fingerprint density at radius 1 is 0.292 bits per heavy atom. The second-order valence-electron chi connectivity index (χ2n) is 29.4. The van der Waals surface area contributed by atoms with Crippen LogP contribution < -0.4 is 0 Å². The van der Waals surface area contributed by atoms with Crippen molar-refractivity contribution in [1.29, 1.82) is 0 Å². The van der Waals surface area contributed by atoms with Crippen LogP contribution in [-0.4, -0.2) is 96.7 Å². The van der Waals surface area contributed by atoms with E-state index in [2.05, 4.69) is 55.4 Å². The van der Waals surface area contributed by atoms with Gasteiger partial charge in [-0.15, -0.1) is 0 Å². The van der Waals surface area contributed by atoms with Crippen molar-refractivity contribution < 1.29 is 80.2 Å². The zero-order valence-corrected chi connectivity index (χ0v) is 64.8. The first-order valence-corrected chi connectivity index (χ1v) is 42.7. The number of ether oxygens (including phenoxy) is 4. The van der Waals surface area contributed by atoms with Gasteiger partial charge in [0.1, 0.15) is 19.3 Å². The Labute approximate surface area is 588 Å². The number of aliphatic hydroxyl groups is 1. The minimum absolute atomic E-state index is 0.102. The van der Waals surface area contributed by atoms with Crippen LogP contribution in [0.4, 0.5) is 0 Å². The van der Waals surface area contributed by atoms with E-state index < -0.39 is 97.5 Å². The molecule has 0 aromatic heterocycles. The maximum atomic E-state index is 13.1. The van der Waals surface area contributed by atoms with Crippen molar-refractivity contribution in [3.8, 4) is 0 Å². The van der Waals surface area contributed by atoms with Crippen LogP contribution in [-0.2, 0) is 65.4 Å². The zero-order chi connectivity index (χ0) is 71.0. The fraction of sp³-hybridized carbons (Fsp3) is 0.948. The maximum absolute atomic E-state index is 13.1. The fourth-order valence-electron chi connectivity index (χ4n) is 11.7. The smallest absolute Gasteiger partial charge is 0.462 e. The zero-order valence-electron chi connectivity index (χ0n) is 63.0. The minimum atomic E-state index is -4.96. The Morgan fingerprint density at radius 3 is 0.740 bits per heavy atom. The van der Waals surface area contributed by atoms with Crippen LogP contribution in [0.5, 0.6) is 0 Å². The molecule has 0 saturated carbocycles. The Hall–Kier alpha value is -1.94. The number of esters is 4. The highest BCUT2D eigenvalue weighted by molar-refractivity contribution is 7.47. The second kappa shape index (κ2) is 66.3. The summed E-state index contributed by atoms with van der Waals surface area (Å²) in [5, 5.41) is 10.6. The molecule has 96 heavy (non-hydrogen) atoms. The number of hydrogen-bond donors (Lipinski definition) is 3. The van der Waals surface area contributed by atoms with Crippen molar-refractivity contribution in [2.24, 2.45) is 23.7 Å². The van der Waals surface area contributed by atoms with Crippen LogP contribution in [0.3, 0.4) is 0 Å². The second-order valence-corrected chi connectivity index (χ2v) is 32.3. The third kappa shape index (κ3) is 69.2. The third-order valence-electron chi connectivity index (χ3n) is 18.2. The SMILES string of the molecule is CCC(C)CCCCCCCCC(=O)O[C@H](COC(=O)CCCCCCCCCC(C)C)COP(=O)(O)OCC(O)COP(=O)(O)OC[C@@H](COC(=O)CCCCCCCCCCCCCCCCCC(C)C)OC(=O)CCCCCCCCCCCCCCCCCC(C)C. The van der Waals surface area contributed by atoms with Gasteiger partial charge in [-0.3, -0.25) is 37.3 Å². The minimum Gasteiger partial charge on any atom is -0.462 e. The number of unbranched alkanes of at least 4 members (excludes halogenated alkanes) is 39. The summed E-state index contributed by atoms with van der Waals surface area (Å²) in [4.78, 5) is 72.8. The molecule has 0 spiro atoms. The topological polar surface area (TPSA) is 237 Å². The molecule has 0 aromatic rings. The third-order valence-corrected chi connectivity index (χ3v) is 20.1. The van der Waals surface area contributed by atoms with E-state index in [9.17, 15) is 43.2 Å². The van der Waals surface area contributed by atoms with Crippen molar-refractivity contribution in [1.82, 2.24) is 0 Å². The van der Waals surface area contributed by atoms with Gasteiger partial charge >= 0.3 is 39.5 Å². The molecule has 0 saturated heterocycles. The summed E-state index contributed by atoms with van der Waals surface area (Å²) in [7, 11) is -9.91. The summed E-state index contributed by atoms with van der Waals surface area (Å²) < 4.78 is 68.5. The van der Waals surface area contributed by atoms with E-state index in [0.717, 1.165) is 114 Å². The molecule has 0 fully saturated rings. The van der Waals surface area contributed by atoms with E-state index in [1.54, 1.807) is 0 Å². The highest BCUT2D eigenvalue weighted by atomic mass is 31.2. The van der Waals surface area contributed by atoms with Crippen LogP contribution in [0, 0.1) is 23.7 Å². The molecule has 0 aliphatic rings. The molecule has 4 unspecified atom stereocenters. The van der Waals surface area contributed by atoms with E-state index in [-0.39, 0.29) is 25.7 Å².